The molecule has 7 N–H and O–H groups in total. The standard InChI is InChI=1S/C18H32N4O7/c1-9(2)7-11(19)15(25)20-12(8-23)17(27)22-6-4-5-13(22)16(26)21-14(10(3)24)18(28)29/h9-14,23-24H,4-8,19H2,1-3H3,(H,20,25)(H,21,26)(H,28,29). The number of likely N-dealkylation sites (tertiary alicyclic amines) is 1. The van der Waals surface area contributed by atoms with Crippen molar-refractivity contribution in [1.29, 1.82) is 0 Å². The van der Waals surface area contributed by atoms with E-state index in [0.717, 1.165) is 0 Å². The van der Waals surface area contributed by atoms with Gasteiger partial charge in [-0.3, -0.25) is 14.4 Å². The maximum absolute atomic E-state index is 12.8. The maximum Gasteiger partial charge on any atom is 0.328 e. The van der Waals surface area contributed by atoms with Crippen molar-refractivity contribution in [1.82, 2.24) is 15.5 Å². The number of aliphatic hydroxyl groups is 2. The summed E-state index contributed by atoms with van der Waals surface area (Å²) >= 11 is 0. The molecule has 11 heteroatoms. The van der Waals surface area contributed by atoms with Gasteiger partial charge in [-0.2, -0.15) is 0 Å². The smallest absolute Gasteiger partial charge is 0.328 e. The van der Waals surface area contributed by atoms with E-state index in [0.29, 0.717) is 19.3 Å². The molecule has 166 valence electrons. The van der Waals surface area contributed by atoms with E-state index in [1.54, 1.807) is 0 Å². The van der Waals surface area contributed by atoms with Crippen LogP contribution in [0.1, 0.15) is 40.0 Å². The molecule has 29 heavy (non-hydrogen) atoms. The summed E-state index contributed by atoms with van der Waals surface area (Å²) in [6.45, 7) is 4.57. The molecule has 1 fully saturated rings. The fourth-order valence-corrected chi connectivity index (χ4v) is 3.22. The summed E-state index contributed by atoms with van der Waals surface area (Å²) in [4.78, 5) is 49.8. The lowest BCUT2D eigenvalue weighted by molar-refractivity contribution is -0.147. The number of aliphatic hydroxyl groups excluding tert-OH is 2. The SMILES string of the molecule is CC(C)CC(N)C(=O)NC(CO)C(=O)N1CCCC1C(=O)NC(C(=O)O)C(C)O. The van der Waals surface area contributed by atoms with Gasteiger partial charge in [-0.15, -0.1) is 0 Å². The Balaban J connectivity index is 2.83. The fraction of sp³-hybridized carbons (Fsp3) is 0.778. The number of hydrogen-bond acceptors (Lipinski definition) is 7. The zero-order chi connectivity index (χ0) is 22.3. The van der Waals surface area contributed by atoms with E-state index in [1.165, 1.54) is 11.8 Å². The number of carboxylic acid groups (broad SMARTS) is 1. The van der Waals surface area contributed by atoms with Crippen LogP contribution in [-0.4, -0.2) is 87.3 Å². The summed E-state index contributed by atoms with van der Waals surface area (Å²) in [5.74, 6) is -3.18. The minimum Gasteiger partial charge on any atom is -0.480 e. The Bertz CT molecular complexity index is 611. The molecule has 11 nitrogen and oxygen atoms in total. The highest BCUT2D eigenvalue weighted by molar-refractivity contribution is 5.94. The zero-order valence-corrected chi connectivity index (χ0v) is 17.0. The van der Waals surface area contributed by atoms with Crippen molar-refractivity contribution in [2.75, 3.05) is 13.2 Å². The van der Waals surface area contributed by atoms with Crippen molar-refractivity contribution in [3.05, 3.63) is 0 Å². The van der Waals surface area contributed by atoms with Crippen LogP contribution in [0.2, 0.25) is 0 Å². The Hall–Kier alpha value is -2.24. The second-order valence-corrected chi connectivity index (χ2v) is 7.73. The van der Waals surface area contributed by atoms with Crippen LogP contribution >= 0.6 is 0 Å². The van der Waals surface area contributed by atoms with Gasteiger partial charge < -0.3 is 36.6 Å². The number of carboxylic acids is 1. The molecule has 0 aromatic rings. The molecule has 1 rings (SSSR count). The third kappa shape index (κ3) is 6.94. The van der Waals surface area contributed by atoms with Gasteiger partial charge >= 0.3 is 5.97 Å². The topological polar surface area (TPSA) is 182 Å². The van der Waals surface area contributed by atoms with Gasteiger partial charge in [0.2, 0.25) is 17.7 Å². The van der Waals surface area contributed by atoms with Crippen molar-refractivity contribution in [2.45, 2.75) is 70.3 Å². The minimum absolute atomic E-state index is 0.168. The van der Waals surface area contributed by atoms with Crippen LogP contribution in [0.4, 0.5) is 0 Å². The van der Waals surface area contributed by atoms with Crippen LogP contribution in [0, 0.1) is 5.92 Å². The molecule has 5 unspecified atom stereocenters. The average molecular weight is 416 g/mol. The van der Waals surface area contributed by atoms with Crippen molar-refractivity contribution in [3.8, 4) is 0 Å². The quantitative estimate of drug-likeness (QED) is 0.231. The van der Waals surface area contributed by atoms with Crippen LogP contribution < -0.4 is 16.4 Å². The van der Waals surface area contributed by atoms with E-state index in [1.807, 2.05) is 13.8 Å². The van der Waals surface area contributed by atoms with E-state index in [4.69, 9.17) is 10.8 Å². The van der Waals surface area contributed by atoms with E-state index in [-0.39, 0.29) is 12.5 Å². The van der Waals surface area contributed by atoms with Crippen molar-refractivity contribution >= 4 is 23.7 Å². The van der Waals surface area contributed by atoms with Gasteiger partial charge in [-0.25, -0.2) is 4.79 Å². The van der Waals surface area contributed by atoms with Crippen LogP contribution in [-0.2, 0) is 19.2 Å². The average Bonchev–Trinajstić information content (AvgIpc) is 3.11. The third-order valence-corrected chi connectivity index (χ3v) is 4.74. The monoisotopic (exact) mass is 416 g/mol. The first-order valence-electron chi connectivity index (χ1n) is 9.68. The molecule has 0 aromatic heterocycles. The van der Waals surface area contributed by atoms with Crippen LogP contribution in [0.5, 0.6) is 0 Å². The normalized spacial score (nSPS) is 20.7. The first kappa shape index (κ1) is 24.8. The summed E-state index contributed by atoms with van der Waals surface area (Å²) in [6.07, 6.45) is -0.130. The lowest BCUT2D eigenvalue weighted by atomic mass is 10.0. The van der Waals surface area contributed by atoms with Crippen molar-refractivity contribution < 1.29 is 34.5 Å². The van der Waals surface area contributed by atoms with Gasteiger partial charge in [-0.1, -0.05) is 13.8 Å². The number of nitrogens with two attached hydrogens (primary N) is 1. The van der Waals surface area contributed by atoms with E-state index in [9.17, 15) is 29.4 Å². The number of nitrogens with zero attached hydrogens (tertiary/aromatic N) is 1. The van der Waals surface area contributed by atoms with Crippen LogP contribution in [0.15, 0.2) is 0 Å². The first-order valence-corrected chi connectivity index (χ1v) is 9.68. The lowest BCUT2D eigenvalue weighted by Crippen LogP contribution is -2.58. The Morgan fingerprint density at radius 1 is 1.17 bits per heavy atom. The molecule has 0 saturated carbocycles. The number of carbonyl (C=O) groups is 4. The number of nitrogens with one attached hydrogen (secondary N) is 2. The van der Waals surface area contributed by atoms with Gasteiger partial charge in [0, 0.05) is 6.54 Å². The Morgan fingerprint density at radius 2 is 1.79 bits per heavy atom. The fourth-order valence-electron chi connectivity index (χ4n) is 3.22. The van der Waals surface area contributed by atoms with E-state index < -0.39 is 60.6 Å². The number of hydrogen-bond donors (Lipinski definition) is 6. The summed E-state index contributed by atoms with van der Waals surface area (Å²) < 4.78 is 0. The second-order valence-electron chi connectivity index (χ2n) is 7.73. The highest BCUT2D eigenvalue weighted by atomic mass is 16.4. The van der Waals surface area contributed by atoms with E-state index >= 15 is 0 Å². The third-order valence-electron chi connectivity index (χ3n) is 4.74. The van der Waals surface area contributed by atoms with Gasteiger partial charge in [0.05, 0.1) is 18.8 Å². The highest BCUT2D eigenvalue weighted by Gasteiger charge is 2.39. The molecule has 1 saturated heterocycles. The maximum atomic E-state index is 12.8. The van der Waals surface area contributed by atoms with Gasteiger partial charge in [0.25, 0.3) is 0 Å². The van der Waals surface area contributed by atoms with Crippen LogP contribution in [0.25, 0.3) is 0 Å². The zero-order valence-electron chi connectivity index (χ0n) is 17.0. The summed E-state index contributed by atoms with van der Waals surface area (Å²) in [7, 11) is 0. The molecule has 5 atom stereocenters. The Labute approximate surface area is 169 Å². The van der Waals surface area contributed by atoms with Crippen LogP contribution in [0.3, 0.4) is 0 Å². The molecule has 0 aliphatic carbocycles. The molecule has 3 amide bonds. The van der Waals surface area contributed by atoms with Crippen molar-refractivity contribution in [3.63, 3.8) is 0 Å². The molecule has 0 radical (unpaired) electrons. The number of amides is 3. The molecule has 0 spiro atoms. The Kier molecular flexibility index (Phi) is 9.47. The molecule has 0 aromatic carbocycles. The summed E-state index contributed by atoms with van der Waals surface area (Å²) in [6, 6.07) is -4.57. The molecule has 1 aliphatic heterocycles. The second kappa shape index (κ2) is 11.1. The molecule has 1 heterocycles. The molecular formula is C18H32N4O7. The highest BCUT2D eigenvalue weighted by Crippen LogP contribution is 2.19. The summed E-state index contributed by atoms with van der Waals surface area (Å²) in [5.41, 5.74) is 5.80. The minimum atomic E-state index is -1.51. The van der Waals surface area contributed by atoms with Crippen molar-refractivity contribution in [2.24, 2.45) is 11.7 Å². The number of carbonyl (C=O) groups excluding carboxylic acids is 3. The van der Waals surface area contributed by atoms with E-state index in [2.05, 4.69) is 10.6 Å². The number of rotatable bonds is 10. The molecule has 0 bridgehead atoms. The molecule has 1 aliphatic rings. The number of aliphatic carboxylic acids is 1. The Morgan fingerprint density at radius 3 is 2.28 bits per heavy atom. The predicted octanol–water partition coefficient (Wildman–Crippen LogP) is -2.22. The first-order chi connectivity index (χ1) is 13.5. The predicted molar refractivity (Wildman–Crippen MR) is 102 cm³/mol. The van der Waals surface area contributed by atoms with Gasteiger partial charge in [0.1, 0.15) is 12.1 Å². The largest absolute Gasteiger partial charge is 0.480 e. The van der Waals surface area contributed by atoms with Gasteiger partial charge in [0.15, 0.2) is 6.04 Å². The van der Waals surface area contributed by atoms with Gasteiger partial charge in [-0.05, 0) is 32.1 Å². The summed E-state index contributed by atoms with van der Waals surface area (Å²) in [5, 5.41) is 32.8. The molecular weight excluding hydrogens is 384 g/mol. The lowest BCUT2D eigenvalue weighted by Gasteiger charge is -2.29.